The zero-order valence-electron chi connectivity index (χ0n) is 21.0. The number of carbonyl (C=O) groups is 1. The van der Waals surface area contributed by atoms with Gasteiger partial charge in [-0.15, -0.1) is 0 Å². The van der Waals surface area contributed by atoms with Gasteiger partial charge in [-0.1, -0.05) is 66.7 Å². The Morgan fingerprint density at radius 3 is 2.37 bits per heavy atom. The van der Waals surface area contributed by atoms with Crippen molar-refractivity contribution in [3.63, 3.8) is 0 Å². The second kappa shape index (κ2) is 10.9. The number of aliphatic hydroxyl groups excluding tert-OH is 1. The van der Waals surface area contributed by atoms with Crippen molar-refractivity contribution >= 4 is 17.5 Å². The third-order valence-electron chi connectivity index (χ3n) is 6.98. The monoisotopic (exact) mass is 510 g/mol. The normalized spacial score (nSPS) is 16.3. The fraction of sp³-hybridized carbons (Fsp3) is 0.241. The van der Waals surface area contributed by atoms with Gasteiger partial charge in [-0.3, -0.25) is 14.2 Å². The lowest BCUT2D eigenvalue weighted by Crippen LogP contribution is -2.36. The molecule has 4 aromatic rings. The van der Waals surface area contributed by atoms with E-state index >= 15 is 0 Å². The Bertz CT molecular complexity index is 1450. The number of rotatable bonds is 8. The minimum Gasteiger partial charge on any atom is -0.387 e. The highest BCUT2D eigenvalue weighted by Gasteiger charge is 2.36. The number of aromatic nitrogens is 3. The van der Waals surface area contributed by atoms with Crippen LogP contribution in [0.5, 0.6) is 0 Å². The lowest BCUT2D eigenvalue weighted by molar-refractivity contribution is -0.124. The number of nitrogens with one attached hydrogen (secondary N) is 2. The lowest BCUT2D eigenvalue weighted by Gasteiger charge is -2.20. The first-order valence-electron chi connectivity index (χ1n) is 12.6. The molecule has 1 aliphatic rings. The van der Waals surface area contributed by atoms with E-state index in [0.29, 0.717) is 18.1 Å². The van der Waals surface area contributed by atoms with E-state index in [1.54, 1.807) is 6.07 Å². The van der Waals surface area contributed by atoms with E-state index in [9.17, 15) is 14.7 Å². The molecule has 0 spiro atoms. The van der Waals surface area contributed by atoms with Crippen molar-refractivity contribution in [3.8, 4) is 0 Å². The van der Waals surface area contributed by atoms with E-state index in [1.165, 1.54) is 10.8 Å². The molecule has 2 aromatic carbocycles. The summed E-state index contributed by atoms with van der Waals surface area (Å²) in [5.41, 5.74) is 9.35. The molecule has 194 valence electrons. The van der Waals surface area contributed by atoms with Crippen LogP contribution in [0.1, 0.15) is 52.6 Å². The SMILES string of the molecule is Cc1nc(N)ccc1CNC(=O)[C@@H]1C[C@H](O)c2cnc(NCC(c3ccccc3)c3ccccc3)c(=O)n21. The van der Waals surface area contributed by atoms with Crippen molar-refractivity contribution in [2.75, 3.05) is 17.6 Å². The van der Waals surface area contributed by atoms with E-state index in [0.717, 1.165) is 22.4 Å². The van der Waals surface area contributed by atoms with E-state index < -0.39 is 17.7 Å². The standard InChI is InChI=1S/C29H30N6O3/c1-18-21(12-13-26(30)34-18)15-33-28(37)23-14-25(36)24-17-32-27(29(38)35(23)24)31-16-22(19-8-4-2-5-9-19)20-10-6-3-7-11-20/h2-13,17,22-23,25,36H,14-16H2,1H3,(H2,30,34)(H,31,32)(H,33,37)/t23-,25-/m0/s1. The molecular formula is C29H30N6O3. The predicted molar refractivity (Wildman–Crippen MR) is 146 cm³/mol. The van der Waals surface area contributed by atoms with Crippen LogP contribution in [0.4, 0.5) is 11.6 Å². The van der Waals surface area contributed by atoms with Gasteiger partial charge in [0.25, 0.3) is 5.56 Å². The maximum atomic E-state index is 13.5. The molecule has 2 atom stereocenters. The maximum absolute atomic E-state index is 13.5. The summed E-state index contributed by atoms with van der Waals surface area (Å²) in [5, 5.41) is 16.6. The van der Waals surface area contributed by atoms with Crippen LogP contribution in [0, 0.1) is 6.92 Å². The Morgan fingerprint density at radius 1 is 1.08 bits per heavy atom. The first kappa shape index (κ1) is 25.2. The summed E-state index contributed by atoms with van der Waals surface area (Å²) < 4.78 is 1.35. The van der Waals surface area contributed by atoms with Gasteiger partial charge in [-0.05, 0) is 29.7 Å². The van der Waals surface area contributed by atoms with Gasteiger partial charge in [-0.25, -0.2) is 9.97 Å². The van der Waals surface area contributed by atoms with Gasteiger partial charge in [-0.2, -0.15) is 0 Å². The van der Waals surface area contributed by atoms with Gasteiger partial charge in [0.2, 0.25) is 5.91 Å². The smallest absolute Gasteiger partial charge is 0.294 e. The molecule has 0 saturated carbocycles. The molecule has 0 radical (unpaired) electrons. The molecule has 0 saturated heterocycles. The molecular weight excluding hydrogens is 480 g/mol. The maximum Gasteiger partial charge on any atom is 0.294 e. The van der Waals surface area contributed by atoms with Crippen molar-refractivity contribution < 1.29 is 9.90 Å². The summed E-state index contributed by atoms with van der Waals surface area (Å²) >= 11 is 0. The van der Waals surface area contributed by atoms with Gasteiger partial charge in [0.1, 0.15) is 11.9 Å². The summed E-state index contributed by atoms with van der Waals surface area (Å²) in [5.74, 6) is 0.172. The lowest BCUT2D eigenvalue weighted by atomic mass is 9.91. The van der Waals surface area contributed by atoms with E-state index in [4.69, 9.17) is 5.73 Å². The number of amides is 1. The van der Waals surface area contributed by atoms with Crippen LogP contribution in [0.15, 0.2) is 83.8 Å². The minimum atomic E-state index is -0.957. The topological polar surface area (TPSA) is 135 Å². The quantitative estimate of drug-likeness (QED) is 0.286. The number of fused-ring (bicyclic) bond motifs is 1. The number of hydrogen-bond donors (Lipinski definition) is 4. The minimum absolute atomic E-state index is 0.0155. The zero-order chi connectivity index (χ0) is 26.6. The Kier molecular flexibility index (Phi) is 7.19. The van der Waals surface area contributed by atoms with Crippen LogP contribution in [0.3, 0.4) is 0 Å². The van der Waals surface area contributed by atoms with Crippen molar-refractivity contribution in [2.24, 2.45) is 0 Å². The molecule has 1 amide bonds. The number of carbonyl (C=O) groups excluding carboxylic acids is 1. The molecule has 2 aromatic heterocycles. The molecule has 5 N–H and O–H groups in total. The summed E-state index contributed by atoms with van der Waals surface area (Å²) in [6.45, 7) is 2.48. The van der Waals surface area contributed by atoms with Crippen molar-refractivity contribution in [2.45, 2.75) is 38.0 Å². The molecule has 3 heterocycles. The second-order valence-corrected chi connectivity index (χ2v) is 9.43. The number of aryl methyl sites for hydroxylation is 1. The summed E-state index contributed by atoms with van der Waals surface area (Å²) in [4.78, 5) is 35.2. The molecule has 38 heavy (non-hydrogen) atoms. The van der Waals surface area contributed by atoms with E-state index in [-0.39, 0.29) is 30.6 Å². The fourth-order valence-corrected chi connectivity index (χ4v) is 4.92. The van der Waals surface area contributed by atoms with Crippen molar-refractivity contribution in [1.29, 1.82) is 0 Å². The van der Waals surface area contributed by atoms with Crippen LogP contribution in [-0.2, 0) is 11.3 Å². The number of nitrogens with zero attached hydrogens (tertiary/aromatic N) is 3. The van der Waals surface area contributed by atoms with Crippen LogP contribution in [-0.4, -0.2) is 32.1 Å². The average molecular weight is 511 g/mol. The highest BCUT2D eigenvalue weighted by molar-refractivity contribution is 5.81. The van der Waals surface area contributed by atoms with Crippen LogP contribution in [0.25, 0.3) is 0 Å². The van der Waals surface area contributed by atoms with E-state index in [1.807, 2.05) is 49.4 Å². The third kappa shape index (κ3) is 5.14. The van der Waals surface area contributed by atoms with Gasteiger partial charge in [0.15, 0.2) is 5.82 Å². The first-order valence-corrected chi connectivity index (χ1v) is 12.6. The Hall–Kier alpha value is -4.50. The molecule has 1 aliphatic heterocycles. The highest BCUT2D eigenvalue weighted by atomic mass is 16.3. The van der Waals surface area contributed by atoms with Gasteiger partial charge < -0.3 is 21.5 Å². The Labute approximate surface area is 220 Å². The average Bonchev–Trinajstić information content (AvgIpc) is 3.27. The number of nitrogens with two attached hydrogens (primary N) is 1. The summed E-state index contributed by atoms with van der Waals surface area (Å²) in [6, 6.07) is 22.7. The summed E-state index contributed by atoms with van der Waals surface area (Å²) in [6.07, 6.45) is 0.610. The van der Waals surface area contributed by atoms with Gasteiger partial charge in [0, 0.05) is 31.1 Å². The van der Waals surface area contributed by atoms with Crippen LogP contribution < -0.4 is 21.9 Å². The summed E-state index contributed by atoms with van der Waals surface area (Å²) in [7, 11) is 0. The molecule has 9 heteroatoms. The number of benzene rings is 2. The molecule has 0 aliphatic carbocycles. The van der Waals surface area contributed by atoms with E-state index in [2.05, 4.69) is 44.9 Å². The molecule has 5 rings (SSSR count). The molecule has 9 nitrogen and oxygen atoms in total. The molecule has 0 fully saturated rings. The molecule has 0 bridgehead atoms. The number of anilines is 2. The van der Waals surface area contributed by atoms with Crippen LogP contribution >= 0.6 is 0 Å². The largest absolute Gasteiger partial charge is 0.387 e. The first-order chi connectivity index (χ1) is 18.4. The number of nitrogen functional groups attached to an aromatic ring is 1. The van der Waals surface area contributed by atoms with Crippen molar-refractivity contribution in [3.05, 3.63) is 117 Å². The number of hydrogen-bond acceptors (Lipinski definition) is 7. The third-order valence-corrected chi connectivity index (χ3v) is 6.98. The number of aliphatic hydroxyl groups is 1. The second-order valence-electron chi connectivity index (χ2n) is 9.43. The number of pyridine rings is 1. The fourth-order valence-electron chi connectivity index (χ4n) is 4.92. The van der Waals surface area contributed by atoms with Crippen molar-refractivity contribution in [1.82, 2.24) is 19.9 Å². The highest BCUT2D eigenvalue weighted by Crippen LogP contribution is 2.33. The van der Waals surface area contributed by atoms with Gasteiger partial charge >= 0.3 is 0 Å². The molecule has 0 unspecified atom stereocenters. The zero-order valence-corrected chi connectivity index (χ0v) is 21.0. The van der Waals surface area contributed by atoms with Gasteiger partial charge in [0.05, 0.1) is 18.0 Å². The predicted octanol–water partition coefficient (Wildman–Crippen LogP) is 3.07. The Balaban J connectivity index is 1.36. The Morgan fingerprint density at radius 2 is 1.74 bits per heavy atom. The van der Waals surface area contributed by atoms with Crippen LogP contribution in [0.2, 0.25) is 0 Å².